The second-order valence-corrected chi connectivity index (χ2v) is 9.20. The Morgan fingerprint density at radius 2 is 1.55 bits per heavy atom. The molecule has 182 valence electrons. The van der Waals surface area contributed by atoms with Gasteiger partial charge < -0.3 is 19.9 Å². The minimum absolute atomic E-state index is 0.0390. The van der Waals surface area contributed by atoms with Crippen LogP contribution in [0.2, 0.25) is 0 Å². The van der Waals surface area contributed by atoms with Crippen LogP contribution in [0.4, 0.5) is 0 Å². The summed E-state index contributed by atoms with van der Waals surface area (Å²) in [6.07, 6.45) is 3.39. The molecule has 0 aromatic heterocycles. The van der Waals surface area contributed by atoms with E-state index in [0.717, 1.165) is 25.9 Å². The first-order valence-electron chi connectivity index (χ1n) is 12.2. The molecule has 0 spiro atoms. The summed E-state index contributed by atoms with van der Waals surface area (Å²) in [4.78, 5) is 44.4. The summed E-state index contributed by atoms with van der Waals surface area (Å²) >= 11 is 0. The fourth-order valence-electron chi connectivity index (χ4n) is 4.36. The lowest BCUT2D eigenvalue weighted by molar-refractivity contribution is -0.137. The molecule has 1 aromatic rings. The Hall–Kier alpha value is -2.61. The van der Waals surface area contributed by atoms with Gasteiger partial charge in [0.2, 0.25) is 11.8 Å². The molecule has 0 radical (unpaired) electrons. The summed E-state index contributed by atoms with van der Waals surface area (Å²) in [6, 6.07) is 6.34. The molecule has 2 saturated heterocycles. The van der Waals surface area contributed by atoms with Gasteiger partial charge in [-0.2, -0.15) is 0 Å². The summed E-state index contributed by atoms with van der Waals surface area (Å²) < 4.78 is 5.42. The molecule has 3 rings (SSSR count). The normalized spacial score (nSPS) is 18.2. The lowest BCUT2D eigenvalue weighted by atomic mass is 10.0. The van der Waals surface area contributed by atoms with E-state index in [1.807, 2.05) is 30.6 Å². The molecule has 2 aliphatic rings. The standard InChI is InChI=1S/C25H38N4O4/c1-4-33-21-10-8-20(9-11-21)24(31)26-23(19(2)3)25(32)29-16-14-27(15-17-29)18-22(30)28-12-6-5-7-13-28/h8-11,19,23H,4-7,12-18H2,1-3H3,(H,26,31)/t23-/m0/s1. The molecule has 8 heteroatoms. The maximum Gasteiger partial charge on any atom is 0.251 e. The quantitative estimate of drug-likeness (QED) is 0.644. The van der Waals surface area contributed by atoms with Gasteiger partial charge in [-0.25, -0.2) is 0 Å². The van der Waals surface area contributed by atoms with Gasteiger partial charge in [0, 0.05) is 44.8 Å². The van der Waals surface area contributed by atoms with Crippen molar-refractivity contribution in [2.75, 3.05) is 52.4 Å². The van der Waals surface area contributed by atoms with Gasteiger partial charge in [0.1, 0.15) is 11.8 Å². The van der Waals surface area contributed by atoms with Crippen LogP contribution in [0.25, 0.3) is 0 Å². The summed E-state index contributed by atoms with van der Waals surface area (Å²) in [5, 5.41) is 2.92. The molecule has 8 nitrogen and oxygen atoms in total. The number of ether oxygens (including phenoxy) is 1. The molecule has 1 aromatic carbocycles. The van der Waals surface area contributed by atoms with E-state index in [2.05, 4.69) is 10.2 Å². The number of carbonyl (C=O) groups excluding carboxylic acids is 3. The molecule has 2 heterocycles. The second-order valence-electron chi connectivity index (χ2n) is 9.20. The Labute approximate surface area is 197 Å². The Balaban J connectivity index is 1.51. The fraction of sp³-hybridized carbons (Fsp3) is 0.640. The van der Waals surface area contributed by atoms with Crippen LogP contribution in [0.1, 0.15) is 50.4 Å². The maximum absolute atomic E-state index is 13.2. The van der Waals surface area contributed by atoms with Crippen molar-refractivity contribution < 1.29 is 19.1 Å². The molecule has 0 saturated carbocycles. The summed E-state index contributed by atoms with van der Waals surface area (Å²) in [7, 11) is 0. The smallest absolute Gasteiger partial charge is 0.251 e. The molecule has 0 bridgehead atoms. The van der Waals surface area contributed by atoms with Crippen molar-refractivity contribution in [2.24, 2.45) is 5.92 Å². The van der Waals surface area contributed by atoms with Crippen molar-refractivity contribution in [3.8, 4) is 5.75 Å². The van der Waals surface area contributed by atoms with E-state index in [1.165, 1.54) is 6.42 Å². The average molecular weight is 459 g/mol. The van der Waals surface area contributed by atoms with E-state index in [1.54, 1.807) is 24.3 Å². The molecule has 2 fully saturated rings. The first kappa shape index (κ1) is 25.0. The highest BCUT2D eigenvalue weighted by atomic mass is 16.5. The van der Waals surface area contributed by atoms with Crippen molar-refractivity contribution >= 4 is 17.7 Å². The number of amides is 3. The van der Waals surface area contributed by atoms with Crippen molar-refractivity contribution in [1.29, 1.82) is 0 Å². The Kier molecular flexibility index (Phi) is 9.11. The van der Waals surface area contributed by atoms with Crippen LogP contribution in [-0.2, 0) is 9.59 Å². The molecule has 1 atom stereocenters. The van der Waals surface area contributed by atoms with Crippen LogP contribution in [0.3, 0.4) is 0 Å². The van der Waals surface area contributed by atoms with Gasteiger partial charge in [0.05, 0.1) is 13.2 Å². The van der Waals surface area contributed by atoms with E-state index in [0.29, 0.717) is 50.6 Å². The summed E-state index contributed by atoms with van der Waals surface area (Å²) in [5.41, 5.74) is 0.498. The second kappa shape index (κ2) is 12.0. The van der Waals surface area contributed by atoms with Gasteiger partial charge in [0.15, 0.2) is 0 Å². The largest absolute Gasteiger partial charge is 0.494 e. The van der Waals surface area contributed by atoms with Gasteiger partial charge >= 0.3 is 0 Å². The van der Waals surface area contributed by atoms with Crippen LogP contribution in [-0.4, -0.2) is 90.9 Å². The predicted molar refractivity (Wildman–Crippen MR) is 127 cm³/mol. The number of nitrogens with zero attached hydrogens (tertiary/aromatic N) is 3. The van der Waals surface area contributed by atoms with Crippen LogP contribution < -0.4 is 10.1 Å². The molecular weight excluding hydrogens is 420 g/mol. The third-order valence-corrected chi connectivity index (χ3v) is 6.40. The van der Waals surface area contributed by atoms with Crippen molar-refractivity contribution in [3.63, 3.8) is 0 Å². The molecule has 0 aliphatic carbocycles. The first-order chi connectivity index (χ1) is 15.9. The number of hydrogen-bond donors (Lipinski definition) is 1. The average Bonchev–Trinajstić information content (AvgIpc) is 2.83. The highest BCUT2D eigenvalue weighted by Crippen LogP contribution is 2.15. The van der Waals surface area contributed by atoms with Gasteiger partial charge in [-0.3, -0.25) is 19.3 Å². The third kappa shape index (κ3) is 6.93. The highest BCUT2D eigenvalue weighted by Gasteiger charge is 2.31. The Morgan fingerprint density at radius 1 is 0.909 bits per heavy atom. The maximum atomic E-state index is 13.2. The van der Waals surface area contributed by atoms with Crippen LogP contribution >= 0.6 is 0 Å². The van der Waals surface area contributed by atoms with E-state index in [-0.39, 0.29) is 23.6 Å². The number of piperidine rings is 1. The monoisotopic (exact) mass is 458 g/mol. The van der Waals surface area contributed by atoms with Gasteiger partial charge in [0.25, 0.3) is 5.91 Å². The molecule has 3 amide bonds. The molecule has 0 unspecified atom stereocenters. The number of piperazine rings is 1. The van der Waals surface area contributed by atoms with Crippen LogP contribution in [0, 0.1) is 5.92 Å². The van der Waals surface area contributed by atoms with Crippen molar-refractivity contribution in [2.45, 2.75) is 46.1 Å². The zero-order valence-electron chi connectivity index (χ0n) is 20.2. The van der Waals surface area contributed by atoms with Gasteiger partial charge in [-0.15, -0.1) is 0 Å². The molecule has 33 heavy (non-hydrogen) atoms. The van der Waals surface area contributed by atoms with Gasteiger partial charge in [-0.05, 0) is 56.4 Å². The van der Waals surface area contributed by atoms with E-state index < -0.39 is 6.04 Å². The number of likely N-dealkylation sites (tertiary alicyclic amines) is 1. The lowest BCUT2D eigenvalue weighted by Gasteiger charge is -2.38. The SMILES string of the molecule is CCOc1ccc(C(=O)N[C@H](C(=O)N2CCN(CC(=O)N3CCCCC3)CC2)C(C)C)cc1. The first-order valence-corrected chi connectivity index (χ1v) is 12.2. The van der Waals surface area contributed by atoms with Crippen LogP contribution in [0.15, 0.2) is 24.3 Å². The van der Waals surface area contributed by atoms with Crippen molar-refractivity contribution in [3.05, 3.63) is 29.8 Å². The minimum Gasteiger partial charge on any atom is -0.494 e. The number of hydrogen-bond acceptors (Lipinski definition) is 5. The minimum atomic E-state index is -0.592. The number of rotatable bonds is 8. The number of benzene rings is 1. The van der Waals surface area contributed by atoms with Crippen molar-refractivity contribution in [1.82, 2.24) is 20.0 Å². The zero-order chi connectivity index (χ0) is 23.8. The Morgan fingerprint density at radius 3 is 2.12 bits per heavy atom. The summed E-state index contributed by atoms with van der Waals surface area (Å²) in [6.45, 7) is 11.0. The fourth-order valence-corrected chi connectivity index (χ4v) is 4.36. The van der Waals surface area contributed by atoms with Gasteiger partial charge in [-0.1, -0.05) is 13.8 Å². The topological polar surface area (TPSA) is 82.2 Å². The number of carbonyl (C=O) groups is 3. The molecule has 2 aliphatic heterocycles. The predicted octanol–water partition coefficient (Wildman–Crippen LogP) is 2.00. The molecular formula is C25H38N4O4. The van der Waals surface area contributed by atoms with E-state index >= 15 is 0 Å². The summed E-state index contributed by atoms with van der Waals surface area (Å²) in [5.74, 6) is 0.532. The van der Waals surface area contributed by atoms with E-state index in [9.17, 15) is 14.4 Å². The lowest BCUT2D eigenvalue weighted by Crippen LogP contribution is -2.57. The van der Waals surface area contributed by atoms with Crippen LogP contribution in [0.5, 0.6) is 5.75 Å². The van der Waals surface area contributed by atoms with E-state index in [4.69, 9.17) is 4.74 Å². The molecule has 1 N–H and O–H groups in total. The zero-order valence-corrected chi connectivity index (χ0v) is 20.2. The highest BCUT2D eigenvalue weighted by molar-refractivity contribution is 5.97. The third-order valence-electron chi connectivity index (χ3n) is 6.40. The number of nitrogens with one attached hydrogen (secondary N) is 1. The Bertz CT molecular complexity index is 797.